The highest BCUT2D eigenvalue weighted by Crippen LogP contribution is 2.29. The molecule has 0 saturated carbocycles. The number of ether oxygens (including phenoxy) is 1. The summed E-state index contributed by atoms with van der Waals surface area (Å²) < 4.78 is 6.19. The summed E-state index contributed by atoms with van der Waals surface area (Å²) in [6.07, 6.45) is 0.777. The predicted octanol–water partition coefficient (Wildman–Crippen LogP) is 3.87. The summed E-state index contributed by atoms with van der Waals surface area (Å²) in [4.78, 5) is 0. The van der Waals surface area contributed by atoms with Gasteiger partial charge in [-0.25, -0.2) is 0 Å². The second-order valence-electron chi connectivity index (χ2n) is 4.93. The summed E-state index contributed by atoms with van der Waals surface area (Å²) in [5.41, 5.74) is 8.39. The summed E-state index contributed by atoms with van der Waals surface area (Å²) in [7, 11) is 1.66. The Morgan fingerprint density at radius 1 is 1.16 bits per heavy atom. The van der Waals surface area contributed by atoms with Crippen LogP contribution >= 0.6 is 15.9 Å². The molecule has 2 aromatic carbocycles. The van der Waals surface area contributed by atoms with Gasteiger partial charge in [0.15, 0.2) is 0 Å². The molecule has 2 N–H and O–H groups in total. The van der Waals surface area contributed by atoms with E-state index < -0.39 is 0 Å². The van der Waals surface area contributed by atoms with Gasteiger partial charge in [-0.1, -0.05) is 36.4 Å². The molecule has 0 fully saturated rings. The third kappa shape index (κ3) is 3.37. The maximum absolute atomic E-state index is 6.44. The van der Waals surface area contributed by atoms with E-state index in [1.807, 2.05) is 24.3 Å². The van der Waals surface area contributed by atoms with Crippen LogP contribution < -0.4 is 10.5 Å². The third-order valence-electron chi connectivity index (χ3n) is 3.22. The molecule has 1 unspecified atom stereocenters. The van der Waals surface area contributed by atoms with Crippen molar-refractivity contribution in [3.05, 3.63) is 64.1 Å². The fourth-order valence-electron chi connectivity index (χ4n) is 2.16. The second-order valence-corrected chi connectivity index (χ2v) is 5.78. The van der Waals surface area contributed by atoms with Crippen LogP contribution in [-0.2, 0) is 12.0 Å². The van der Waals surface area contributed by atoms with Crippen molar-refractivity contribution in [2.45, 2.75) is 18.9 Å². The minimum absolute atomic E-state index is 0.380. The lowest BCUT2D eigenvalue weighted by atomic mass is 9.87. The first kappa shape index (κ1) is 14.1. The van der Waals surface area contributed by atoms with Crippen molar-refractivity contribution in [1.29, 1.82) is 0 Å². The van der Waals surface area contributed by atoms with Crippen LogP contribution in [-0.4, -0.2) is 7.11 Å². The van der Waals surface area contributed by atoms with Crippen LogP contribution in [0.4, 0.5) is 0 Å². The van der Waals surface area contributed by atoms with E-state index in [4.69, 9.17) is 10.5 Å². The number of rotatable bonds is 4. The van der Waals surface area contributed by atoms with Crippen molar-refractivity contribution < 1.29 is 4.74 Å². The van der Waals surface area contributed by atoms with Gasteiger partial charge >= 0.3 is 0 Å². The van der Waals surface area contributed by atoms with Crippen molar-refractivity contribution in [1.82, 2.24) is 0 Å². The van der Waals surface area contributed by atoms with Gasteiger partial charge in [0.1, 0.15) is 5.75 Å². The highest BCUT2D eigenvalue weighted by molar-refractivity contribution is 9.10. The van der Waals surface area contributed by atoms with E-state index in [1.165, 1.54) is 5.56 Å². The molecular formula is C16H18BrNO. The van der Waals surface area contributed by atoms with Gasteiger partial charge in [0.25, 0.3) is 0 Å². The quantitative estimate of drug-likeness (QED) is 0.928. The Kier molecular flexibility index (Phi) is 4.27. The minimum atomic E-state index is -0.380. The standard InChI is InChI=1S/C16H18BrNO/c1-16(18,13-6-4-3-5-7-13)11-12-8-9-15(19-2)14(17)10-12/h3-10H,11,18H2,1-2H3. The monoisotopic (exact) mass is 319 g/mol. The zero-order chi connectivity index (χ0) is 13.9. The zero-order valence-corrected chi connectivity index (χ0v) is 12.8. The number of methoxy groups -OCH3 is 1. The molecule has 0 aliphatic rings. The van der Waals surface area contributed by atoms with E-state index in [1.54, 1.807) is 7.11 Å². The number of nitrogens with two attached hydrogens (primary N) is 1. The van der Waals surface area contributed by atoms with Gasteiger partial charge in [0.2, 0.25) is 0 Å². The molecule has 0 saturated heterocycles. The SMILES string of the molecule is COc1ccc(CC(C)(N)c2ccccc2)cc1Br. The van der Waals surface area contributed by atoms with Crippen LogP contribution in [0.3, 0.4) is 0 Å². The lowest BCUT2D eigenvalue weighted by Gasteiger charge is -2.25. The van der Waals surface area contributed by atoms with Gasteiger partial charge in [-0.15, -0.1) is 0 Å². The molecule has 19 heavy (non-hydrogen) atoms. The van der Waals surface area contributed by atoms with Crippen LogP contribution in [0, 0.1) is 0 Å². The van der Waals surface area contributed by atoms with Crippen LogP contribution in [0.2, 0.25) is 0 Å². The summed E-state index contributed by atoms with van der Waals surface area (Å²) in [5, 5.41) is 0. The Bertz CT molecular complexity index is 552. The van der Waals surface area contributed by atoms with Crippen LogP contribution in [0.1, 0.15) is 18.1 Å². The van der Waals surface area contributed by atoms with Crippen LogP contribution in [0.25, 0.3) is 0 Å². The topological polar surface area (TPSA) is 35.2 Å². The first-order valence-corrected chi connectivity index (χ1v) is 6.99. The number of halogens is 1. The summed E-state index contributed by atoms with van der Waals surface area (Å²) in [5.74, 6) is 0.835. The van der Waals surface area contributed by atoms with Crippen LogP contribution in [0.15, 0.2) is 53.0 Å². The summed E-state index contributed by atoms with van der Waals surface area (Å²) in [6.45, 7) is 2.06. The Labute approximate surface area is 122 Å². The average molecular weight is 320 g/mol. The molecule has 0 spiro atoms. The smallest absolute Gasteiger partial charge is 0.133 e. The highest BCUT2D eigenvalue weighted by Gasteiger charge is 2.21. The van der Waals surface area contributed by atoms with Gasteiger partial charge in [-0.2, -0.15) is 0 Å². The molecule has 0 radical (unpaired) electrons. The molecular weight excluding hydrogens is 302 g/mol. The van der Waals surface area contributed by atoms with E-state index in [0.29, 0.717) is 0 Å². The number of hydrogen-bond acceptors (Lipinski definition) is 2. The highest BCUT2D eigenvalue weighted by atomic mass is 79.9. The van der Waals surface area contributed by atoms with E-state index in [-0.39, 0.29) is 5.54 Å². The second kappa shape index (κ2) is 5.76. The maximum atomic E-state index is 6.44. The van der Waals surface area contributed by atoms with Crippen molar-refractivity contribution >= 4 is 15.9 Å². The molecule has 3 heteroatoms. The average Bonchev–Trinajstić information content (AvgIpc) is 2.39. The normalized spacial score (nSPS) is 13.9. The zero-order valence-electron chi connectivity index (χ0n) is 11.2. The lowest BCUT2D eigenvalue weighted by Crippen LogP contribution is -2.35. The molecule has 2 rings (SSSR count). The molecule has 0 amide bonds. The van der Waals surface area contributed by atoms with Gasteiger partial charge < -0.3 is 10.5 Å². The third-order valence-corrected chi connectivity index (χ3v) is 3.84. The first-order chi connectivity index (χ1) is 9.03. The Hall–Kier alpha value is -1.32. The fourth-order valence-corrected chi connectivity index (χ4v) is 2.75. The van der Waals surface area contributed by atoms with Crippen molar-refractivity contribution in [3.8, 4) is 5.75 Å². The Morgan fingerprint density at radius 3 is 2.42 bits per heavy atom. The summed E-state index contributed by atoms with van der Waals surface area (Å²) in [6, 6.07) is 16.3. The largest absolute Gasteiger partial charge is 0.496 e. The molecule has 0 aromatic heterocycles. The Morgan fingerprint density at radius 2 is 1.84 bits per heavy atom. The number of hydrogen-bond donors (Lipinski definition) is 1. The fraction of sp³-hybridized carbons (Fsp3) is 0.250. The van der Waals surface area contributed by atoms with Crippen molar-refractivity contribution in [2.75, 3.05) is 7.11 Å². The van der Waals surface area contributed by atoms with Gasteiger partial charge in [0.05, 0.1) is 11.6 Å². The molecule has 1 atom stereocenters. The summed E-state index contributed by atoms with van der Waals surface area (Å²) >= 11 is 3.51. The molecule has 2 nitrogen and oxygen atoms in total. The van der Waals surface area contributed by atoms with E-state index >= 15 is 0 Å². The van der Waals surface area contributed by atoms with E-state index in [2.05, 4.69) is 47.1 Å². The molecule has 0 aliphatic heterocycles. The van der Waals surface area contributed by atoms with E-state index in [9.17, 15) is 0 Å². The first-order valence-electron chi connectivity index (χ1n) is 6.20. The molecule has 0 aliphatic carbocycles. The lowest BCUT2D eigenvalue weighted by molar-refractivity contribution is 0.411. The molecule has 0 heterocycles. The predicted molar refractivity (Wildman–Crippen MR) is 82.4 cm³/mol. The van der Waals surface area contributed by atoms with E-state index in [0.717, 1.165) is 22.2 Å². The van der Waals surface area contributed by atoms with Gasteiger partial charge in [-0.05, 0) is 52.5 Å². The van der Waals surface area contributed by atoms with Crippen molar-refractivity contribution in [3.63, 3.8) is 0 Å². The Balaban J connectivity index is 2.23. The van der Waals surface area contributed by atoms with Crippen molar-refractivity contribution in [2.24, 2.45) is 5.73 Å². The molecule has 0 bridgehead atoms. The van der Waals surface area contributed by atoms with Gasteiger partial charge in [0, 0.05) is 5.54 Å². The van der Waals surface area contributed by atoms with Gasteiger partial charge in [-0.3, -0.25) is 0 Å². The molecule has 100 valence electrons. The minimum Gasteiger partial charge on any atom is -0.496 e. The number of benzene rings is 2. The molecule has 2 aromatic rings. The van der Waals surface area contributed by atoms with Crippen LogP contribution in [0.5, 0.6) is 5.75 Å². The maximum Gasteiger partial charge on any atom is 0.133 e.